The molecule has 0 aromatic rings. The van der Waals surface area contributed by atoms with Gasteiger partial charge in [0.2, 0.25) is 0 Å². The van der Waals surface area contributed by atoms with Crippen molar-refractivity contribution in [2.24, 2.45) is 65.1 Å². The van der Waals surface area contributed by atoms with Crippen LogP contribution in [0.5, 0.6) is 0 Å². The molecule has 81 heavy (non-hydrogen) atoms. The molecule has 13 atom stereocenters. The second-order valence-electron chi connectivity index (χ2n) is 31.7. The van der Waals surface area contributed by atoms with Gasteiger partial charge in [-0.1, -0.05) is 117 Å². The van der Waals surface area contributed by atoms with E-state index in [9.17, 15) is 13.2 Å². The second kappa shape index (κ2) is 33.7. The number of likely N-dealkylation sites (tertiary alicyclic amines) is 5. The van der Waals surface area contributed by atoms with Crippen LogP contribution in [0, 0.1) is 65.1 Å². The molecule has 7 nitrogen and oxygen atoms in total. The fraction of sp³-hybridized carbons (Fsp3) is 1.00. The van der Waals surface area contributed by atoms with Crippen LogP contribution in [-0.2, 0) is 0 Å². The fourth-order valence-electron chi connectivity index (χ4n) is 17.4. The number of hydrogen-bond acceptors (Lipinski definition) is 7. The number of fused-ring (bicyclic) bond motifs is 2. The first kappa shape index (κ1) is 74.8. The summed E-state index contributed by atoms with van der Waals surface area (Å²) >= 11 is 0. The van der Waals surface area contributed by atoms with E-state index in [1.807, 2.05) is 32.6 Å². The van der Waals surface area contributed by atoms with Crippen LogP contribution in [0.2, 0.25) is 0 Å². The van der Waals surface area contributed by atoms with Crippen LogP contribution in [0.3, 0.4) is 0 Å². The molecule has 10 heteroatoms. The van der Waals surface area contributed by atoms with Crippen LogP contribution >= 0.6 is 0 Å². The highest BCUT2D eigenvalue weighted by Gasteiger charge is 2.54. The van der Waals surface area contributed by atoms with Crippen molar-refractivity contribution in [1.29, 1.82) is 0 Å². The molecule has 8 aliphatic rings. The normalized spacial score (nSPS) is 32.5. The van der Waals surface area contributed by atoms with E-state index >= 15 is 0 Å². The van der Waals surface area contributed by atoms with Crippen molar-refractivity contribution < 1.29 is 13.2 Å². The lowest BCUT2D eigenvalue weighted by molar-refractivity contribution is -0.171. The SMILES string of the molecule is CC(C)C1CC[C@@H](C(C)C)N1C(C)C.CC(C)[C@@H]1C2CC2CN1C(C)C.CC(C)[C@@H]1CC(C(F)(F)F)CN1C(C)C.CC(C)[C@@H]1CC2CCCC2N1C(C)C.CC(C)[C@@H]1CCN(C)N1C(C)C.CCCC1CC[C@@H](C(C)C)N1C(C)C. The summed E-state index contributed by atoms with van der Waals surface area (Å²) in [4.78, 5) is 13.1. The van der Waals surface area contributed by atoms with Crippen LogP contribution in [0.4, 0.5) is 13.2 Å². The van der Waals surface area contributed by atoms with E-state index in [-0.39, 0.29) is 25.0 Å². The van der Waals surface area contributed by atoms with Gasteiger partial charge in [0.15, 0.2) is 0 Å². The number of halogens is 3. The van der Waals surface area contributed by atoms with Crippen molar-refractivity contribution in [3.63, 3.8) is 0 Å². The number of piperidine rings is 1. The van der Waals surface area contributed by atoms with Gasteiger partial charge in [0.25, 0.3) is 0 Å². The van der Waals surface area contributed by atoms with Crippen molar-refractivity contribution in [2.75, 3.05) is 26.7 Å². The van der Waals surface area contributed by atoms with E-state index in [2.05, 4.69) is 196 Å². The quantitative estimate of drug-likeness (QED) is 0.161. The van der Waals surface area contributed by atoms with E-state index in [1.165, 1.54) is 90.1 Å². The Hall–Kier alpha value is -0.490. The Morgan fingerprint density at radius 1 is 0.407 bits per heavy atom. The molecule has 0 N–H and O–H groups in total. The third-order valence-electron chi connectivity index (χ3n) is 21.2. The zero-order valence-corrected chi connectivity index (χ0v) is 59.1. The van der Waals surface area contributed by atoms with E-state index in [0.717, 1.165) is 120 Å². The van der Waals surface area contributed by atoms with Gasteiger partial charge < -0.3 is 0 Å². The third kappa shape index (κ3) is 20.8. The molecule has 0 aromatic carbocycles. The molecule has 0 radical (unpaired) electrons. The summed E-state index contributed by atoms with van der Waals surface area (Å²) in [6.07, 6.45) is 13.4. The maximum Gasteiger partial charge on any atom is 0.393 e. The van der Waals surface area contributed by atoms with Crippen LogP contribution in [0.15, 0.2) is 0 Å². The smallest absolute Gasteiger partial charge is 0.297 e. The lowest BCUT2D eigenvalue weighted by Crippen LogP contribution is -2.45. The lowest BCUT2D eigenvalue weighted by Gasteiger charge is -2.37. The van der Waals surface area contributed by atoms with Crippen molar-refractivity contribution in [1.82, 2.24) is 34.5 Å². The summed E-state index contributed by atoms with van der Waals surface area (Å²) in [5.41, 5.74) is 0. The minimum Gasteiger partial charge on any atom is -0.297 e. The standard InChI is InChI=1S/C13H25N.2C13H27N.C11H20F3N.C11H21N.C10H22N2/c1-9(2)13-8-11-6-5-7-12(11)14(13)10(3)4;1-9(2)12-7-8-13(10(3)4)14(12)11(5)6;1-6-7-12-8-9-13(10(2)3)14(12)11(4)5;1-7(2)10-5-9(11(12,13)14)6-15(10)8(3)4;1-7(2)11-10-5-9(10)6-12(11)8(3)4;1-8(2)10-6-7-11(5)12(10)9(3)4/h9-13H,5-8H2,1-4H3;9-13H,7-8H2,1-6H3;10-13H,6-9H2,1-5H3;7-10H,5-6H2,1-4H3;7-11H,5-6H2,1-4H3;8-10H,6-7H2,1-5H3/t11?,12?,13-;12-,13?;12?,13-;9?,10-;9?,10?,11-;10-/m000010/s1. The Morgan fingerprint density at radius 3 is 1.25 bits per heavy atom. The topological polar surface area (TPSA) is 22.7 Å². The molecular weight excluding hydrogens is 1010 g/mol. The summed E-state index contributed by atoms with van der Waals surface area (Å²) < 4.78 is 37.8. The summed E-state index contributed by atoms with van der Waals surface area (Å²) in [7, 11) is 2.20. The number of nitrogens with zero attached hydrogens (tertiary/aromatic N) is 7. The van der Waals surface area contributed by atoms with Crippen LogP contribution in [-0.4, -0.2) is 158 Å². The van der Waals surface area contributed by atoms with Crippen LogP contribution in [0.25, 0.3) is 0 Å². The maximum absolute atomic E-state index is 12.6. The molecule has 6 aliphatic heterocycles. The van der Waals surface area contributed by atoms with Crippen molar-refractivity contribution >= 4 is 0 Å². The summed E-state index contributed by atoms with van der Waals surface area (Å²) in [5, 5.41) is 4.89. The third-order valence-corrected chi connectivity index (χ3v) is 21.2. The molecule has 7 unspecified atom stereocenters. The van der Waals surface area contributed by atoms with Gasteiger partial charge in [0.05, 0.1) is 5.92 Å². The molecule has 6 heterocycles. The molecule has 0 aromatic heterocycles. The number of alkyl halides is 3. The Balaban J connectivity index is 0.000000256. The van der Waals surface area contributed by atoms with Gasteiger partial charge in [-0.15, -0.1) is 0 Å². The van der Waals surface area contributed by atoms with Gasteiger partial charge in [-0.3, -0.25) is 24.5 Å². The highest BCUT2D eigenvalue weighted by Crippen LogP contribution is 2.52. The molecule has 2 saturated carbocycles. The lowest BCUT2D eigenvalue weighted by atomic mass is 9.96. The Bertz CT molecular complexity index is 1630. The predicted octanol–water partition coefficient (Wildman–Crippen LogP) is 18.2. The Kier molecular flexibility index (Phi) is 31.1. The largest absolute Gasteiger partial charge is 0.393 e. The first-order valence-electron chi connectivity index (χ1n) is 34.9. The number of hydrogen-bond donors (Lipinski definition) is 0. The van der Waals surface area contributed by atoms with Gasteiger partial charge in [-0.25, -0.2) is 10.0 Å². The Morgan fingerprint density at radius 2 is 0.877 bits per heavy atom. The molecule has 482 valence electrons. The van der Waals surface area contributed by atoms with Gasteiger partial charge in [-0.05, 0) is 213 Å². The predicted molar refractivity (Wildman–Crippen MR) is 348 cm³/mol. The average Bonchev–Trinajstić information content (AvgIpc) is 4.20. The first-order chi connectivity index (χ1) is 37.5. The van der Waals surface area contributed by atoms with Crippen molar-refractivity contribution in [3.8, 4) is 0 Å². The van der Waals surface area contributed by atoms with Crippen molar-refractivity contribution in [2.45, 2.75) is 367 Å². The van der Waals surface area contributed by atoms with Crippen molar-refractivity contribution in [3.05, 3.63) is 0 Å². The number of hydrazine groups is 1. The molecule has 0 spiro atoms. The minimum atomic E-state index is -4.03. The van der Waals surface area contributed by atoms with Gasteiger partial charge in [0, 0.05) is 117 Å². The second-order valence-corrected chi connectivity index (χ2v) is 31.7. The summed E-state index contributed by atoms with van der Waals surface area (Å²) in [6.45, 7) is 64.7. The van der Waals surface area contributed by atoms with Gasteiger partial charge in [-0.2, -0.15) is 13.2 Å². The van der Waals surface area contributed by atoms with E-state index in [1.54, 1.807) is 0 Å². The number of rotatable bonds is 15. The average molecular weight is 1150 g/mol. The van der Waals surface area contributed by atoms with E-state index in [0.29, 0.717) is 18.0 Å². The van der Waals surface area contributed by atoms with Gasteiger partial charge in [0.1, 0.15) is 0 Å². The van der Waals surface area contributed by atoms with Crippen LogP contribution in [0.1, 0.15) is 270 Å². The highest BCUT2D eigenvalue weighted by atomic mass is 19.4. The van der Waals surface area contributed by atoms with Crippen LogP contribution < -0.4 is 0 Å². The minimum absolute atomic E-state index is 0.0802. The molecule has 6 saturated heterocycles. The van der Waals surface area contributed by atoms with E-state index < -0.39 is 12.1 Å². The molecule has 0 bridgehead atoms. The van der Waals surface area contributed by atoms with Gasteiger partial charge >= 0.3 is 6.18 Å². The zero-order chi connectivity index (χ0) is 61.9. The monoisotopic (exact) mass is 1150 g/mol. The molecule has 0 amide bonds. The first-order valence-corrected chi connectivity index (χ1v) is 34.9. The molecule has 8 fully saturated rings. The zero-order valence-electron chi connectivity index (χ0n) is 59.1. The Labute approximate surface area is 504 Å². The summed E-state index contributed by atoms with van der Waals surface area (Å²) in [5.74, 6) is 7.22. The molecule has 8 rings (SSSR count). The molecular formula is C71H142F3N7. The molecule has 2 aliphatic carbocycles. The fourth-order valence-corrected chi connectivity index (χ4v) is 17.4. The summed E-state index contributed by atoms with van der Waals surface area (Å²) in [6, 6.07) is 10.7. The van der Waals surface area contributed by atoms with E-state index in [4.69, 9.17) is 0 Å². The highest BCUT2D eigenvalue weighted by molar-refractivity contribution is 5.06. The maximum atomic E-state index is 12.6.